The molecule has 0 amide bonds. The fourth-order valence-corrected chi connectivity index (χ4v) is 1.25. The van der Waals surface area contributed by atoms with E-state index in [9.17, 15) is 8.78 Å². The van der Waals surface area contributed by atoms with Gasteiger partial charge in [-0.1, -0.05) is 0 Å². The molecule has 0 bridgehead atoms. The highest BCUT2D eigenvalue weighted by Gasteiger charge is 2.13. The Balaban J connectivity index is 3.52. The first kappa shape index (κ1) is 9.19. The average molecular weight is 280 g/mol. The number of nitrogen functional groups attached to an aromatic ring is 1. The maximum absolute atomic E-state index is 12.7. The topological polar surface area (TPSA) is 49.8 Å². The van der Waals surface area contributed by atoms with Gasteiger partial charge in [0.1, 0.15) is 6.07 Å². The highest BCUT2D eigenvalue weighted by atomic mass is 127. The zero-order chi connectivity index (χ0) is 9.30. The van der Waals surface area contributed by atoms with Crippen molar-refractivity contribution < 1.29 is 8.78 Å². The predicted octanol–water partition coefficient (Wildman–Crippen LogP) is 2.02. The van der Waals surface area contributed by atoms with Crippen molar-refractivity contribution in [3.05, 3.63) is 26.8 Å². The number of rotatable bonds is 0. The number of halogens is 3. The van der Waals surface area contributed by atoms with Crippen molar-refractivity contribution in [2.24, 2.45) is 0 Å². The molecule has 0 fully saturated rings. The summed E-state index contributed by atoms with van der Waals surface area (Å²) in [6.45, 7) is 0. The lowest BCUT2D eigenvalue weighted by Gasteiger charge is -2.02. The number of nitrogens with zero attached hydrogens (tertiary/aromatic N) is 1. The van der Waals surface area contributed by atoms with Crippen LogP contribution in [0.3, 0.4) is 0 Å². The van der Waals surface area contributed by atoms with Gasteiger partial charge in [-0.2, -0.15) is 5.26 Å². The molecule has 0 atom stereocenters. The third kappa shape index (κ3) is 1.34. The molecule has 0 aliphatic rings. The summed E-state index contributed by atoms with van der Waals surface area (Å²) in [6, 6.07) is 2.45. The summed E-state index contributed by atoms with van der Waals surface area (Å²) in [4.78, 5) is 0. The fourth-order valence-electron chi connectivity index (χ4n) is 0.702. The molecule has 0 unspecified atom stereocenters. The molecule has 0 aliphatic carbocycles. The van der Waals surface area contributed by atoms with Crippen LogP contribution in [0.4, 0.5) is 14.5 Å². The minimum Gasteiger partial charge on any atom is -0.397 e. The van der Waals surface area contributed by atoms with E-state index in [1.807, 2.05) is 0 Å². The van der Waals surface area contributed by atoms with Crippen LogP contribution in [-0.2, 0) is 0 Å². The van der Waals surface area contributed by atoms with E-state index >= 15 is 0 Å². The molecular formula is C7H3F2IN2. The second-order valence-corrected chi connectivity index (χ2v) is 3.14. The number of nitrogens with two attached hydrogens (primary N) is 1. The number of benzene rings is 1. The number of anilines is 1. The van der Waals surface area contributed by atoms with E-state index in [0.717, 1.165) is 6.07 Å². The SMILES string of the molecule is N#Cc1cc(F)c(F)c(I)c1N. The highest BCUT2D eigenvalue weighted by molar-refractivity contribution is 14.1. The third-order valence-corrected chi connectivity index (χ3v) is 2.38. The Kier molecular flexibility index (Phi) is 2.47. The van der Waals surface area contributed by atoms with Crippen LogP contribution in [0.1, 0.15) is 5.56 Å². The van der Waals surface area contributed by atoms with E-state index in [0.29, 0.717) is 0 Å². The van der Waals surface area contributed by atoms with Crippen molar-refractivity contribution in [2.45, 2.75) is 0 Å². The summed E-state index contributed by atoms with van der Waals surface area (Å²) in [5, 5.41) is 8.44. The van der Waals surface area contributed by atoms with Gasteiger partial charge >= 0.3 is 0 Å². The van der Waals surface area contributed by atoms with Gasteiger partial charge in [-0.25, -0.2) is 8.78 Å². The van der Waals surface area contributed by atoms with E-state index in [1.54, 1.807) is 28.7 Å². The quantitative estimate of drug-likeness (QED) is 0.449. The molecule has 0 radical (unpaired) electrons. The molecule has 2 nitrogen and oxygen atoms in total. The molecule has 1 aromatic rings. The maximum atomic E-state index is 12.7. The third-order valence-electron chi connectivity index (χ3n) is 1.32. The Morgan fingerprint density at radius 3 is 2.58 bits per heavy atom. The smallest absolute Gasteiger partial charge is 0.174 e. The van der Waals surface area contributed by atoms with Gasteiger partial charge in [0.05, 0.1) is 14.8 Å². The molecule has 62 valence electrons. The summed E-state index contributed by atoms with van der Waals surface area (Å²) in [5.74, 6) is -2.06. The second kappa shape index (κ2) is 3.23. The molecule has 0 spiro atoms. The predicted molar refractivity (Wildman–Crippen MR) is 48.2 cm³/mol. The summed E-state index contributed by atoms with van der Waals surface area (Å²) in [5.41, 5.74) is 5.27. The Labute approximate surface area is 81.1 Å². The largest absolute Gasteiger partial charge is 0.397 e. The van der Waals surface area contributed by atoms with Gasteiger partial charge in [0.2, 0.25) is 0 Å². The Hall–Kier alpha value is -0.900. The molecule has 0 saturated heterocycles. The number of hydrogen-bond donors (Lipinski definition) is 1. The van der Waals surface area contributed by atoms with E-state index in [2.05, 4.69) is 0 Å². The van der Waals surface area contributed by atoms with Crippen molar-refractivity contribution in [1.29, 1.82) is 5.26 Å². The standard InChI is InChI=1S/C7H3F2IN2/c8-4-1-3(2-11)7(12)6(10)5(4)9/h1H,12H2. The lowest BCUT2D eigenvalue weighted by molar-refractivity contribution is 0.504. The van der Waals surface area contributed by atoms with Crippen LogP contribution in [0, 0.1) is 26.5 Å². The molecular weight excluding hydrogens is 277 g/mol. The molecule has 1 rings (SSSR count). The van der Waals surface area contributed by atoms with Crippen LogP contribution >= 0.6 is 22.6 Å². The molecule has 5 heteroatoms. The van der Waals surface area contributed by atoms with Gasteiger partial charge in [0.15, 0.2) is 11.6 Å². The van der Waals surface area contributed by atoms with Gasteiger partial charge in [0, 0.05) is 0 Å². The van der Waals surface area contributed by atoms with Crippen molar-refractivity contribution in [3.8, 4) is 6.07 Å². The minimum atomic E-state index is -1.05. The van der Waals surface area contributed by atoms with Crippen molar-refractivity contribution in [2.75, 3.05) is 5.73 Å². The van der Waals surface area contributed by atoms with Crippen LogP contribution in [0.15, 0.2) is 6.07 Å². The zero-order valence-electron chi connectivity index (χ0n) is 5.74. The van der Waals surface area contributed by atoms with Gasteiger partial charge < -0.3 is 5.73 Å². The average Bonchev–Trinajstić information content (AvgIpc) is 2.08. The van der Waals surface area contributed by atoms with E-state index in [-0.39, 0.29) is 14.8 Å². The monoisotopic (exact) mass is 280 g/mol. The maximum Gasteiger partial charge on any atom is 0.174 e. The Morgan fingerprint density at radius 2 is 2.08 bits per heavy atom. The molecule has 2 N–H and O–H groups in total. The lowest BCUT2D eigenvalue weighted by Crippen LogP contribution is -1.99. The van der Waals surface area contributed by atoms with Crippen LogP contribution in [0.5, 0.6) is 0 Å². The lowest BCUT2D eigenvalue weighted by atomic mass is 10.2. The van der Waals surface area contributed by atoms with Crippen molar-refractivity contribution in [3.63, 3.8) is 0 Å². The van der Waals surface area contributed by atoms with Gasteiger partial charge in [-0.15, -0.1) is 0 Å². The van der Waals surface area contributed by atoms with Gasteiger partial charge in [-0.3, -0.25) is 0 Å². The summed E-state index contributed by atoms with van der Waals surface area (Å²) in [7, 11) is 0. The second-order valence-electron chi connectivity index (χ2n) is 2.06. The Morgan fingerprint density at radius 1 is 1.50 bits per heavy atom. The van der Waals surface area contributed by atoms with Crippen LogP contribution in [0.25, 0.3) is 0 Å². The van der Waals surface area contributed by atoms with Crippen molar-refractivity contribution >= 4 is 28.3 Å². The van der Waals surface area contributed by atoms with Crippen LogP contribution < -0.4 is 5.73 Å². The van der Waals surface area contributed by atoms with Crippen LogP contribution in [0.2, 0.25) is 0 Å². The highest BCUT2D eigenvalue weighted by Crippen LogP contribution is 2.24. The molecule has 0 aliphatic heterocycles. The molecule has 0 aromatic heterocycles. The molecule has 0 saturated carbocycles. The first-order valence-corrected chi connectivity index (χ1v) is 3.99. The normalized spacial score (nSPS) is 9.50. The summed E-state index contributed by atoms with van der Waals surface area (Å²) >= 11 is 1.55. The number of hydrogen-bond acceptors (Lipinski definition) is 2. The van der Waals surface area contributed by atoms with Crippen molar-refractivity contribution in [1.82, 2.24) is 0 Å². The van der Waals surface area contributed by atoms with Crippen LogP contribution in [-0.4, -0.2) is 0 Å². The van der Waals surface area contributed by atoms with E-state index in [1.165, 1.54) is 0 Å². The molecule has 0 heterocycles. The fraction of sp³-hybridized carbons (Fsp3) is 0. The zero-order valence-corrected chi connectivity index (χ0v) is 7.89. The van der Waals surface area contributed by atoms with Gasteiger partial charge in [-0.05, 0) is 28.7 Å². The van der Waals surface area contributed by atoms with E-state index < -0.39 is 11.6 Å². The molecule has 1 aromatic carbocycles. The first-order chi connectivity index (χ1) is 5.57. The van der Waals surface area contributed by atoms with Gasteiger partial charge in [0.25, 0.3) is 0 Å². The number of nitriles is 1. The summed E-state index contributed by atoms with van der Waals surface area (Å²) in [6.07, 6.45) is 0. The minimum absolute atomic E-state index is 0.0167. The Bertz CT molecular complexity index is 371. The molecule has 12 heavy (non-hydrogen) atoms. The first-order valence-electron chi connectivity index (χ1n) is 2.91. The van der Waals surface area contributed by atoms with E-state index in [4.69, 9.17) is 11.0 Å². The summed E-state index contributed by atoms with van der Waals surface area (Å²) < 4.78 is 25.3.